The number of hydrogen-bond donors (Lipinski definition) is 1. The summed E-state index contributed by atoms with van der Waals surface area (Å²) in [4.78, 5) is 33.9. The average molecular weight is 261 g/mol. The van der Waals surface area contributed by atoms with Crippen LogP contribution in [0.25, 0.3) is 0 Å². The normalized spacial score (nSPS) is 10.0. The Kier molecular flexibility index (Phi) is 5.93. The Bertz CT molecular complexity index is 463. The molecule has 0 spiro atoms. The van der Waals surface area contributed by atoms with E-state index in [-0.39, 0.29) is 30.3 Å². The number of carbonyl (C=O) groups excluding carboxylic acids is 3. The molecule has 1 rings (SSSR count). The molecule has 1 aromatic rings. The van der Waals surface area contributed by atoms with Gasteiger partial charge in [-0.05, 0) is 13.8 Å². The van der Waals surface area contributed by atoms with Crippen molar-refractivity contribution in [3.8, 4) is 0 Å². The van der Waals surface area contributed by atoms with E-state index in [9.17, 15) is 14.4 Å². The standard InChI is InChI=1S/C15H19NO3/c1-11-3-5-13(6-4-11)14(18)7-8-15(19)16-10-9-12(2)17/h3-6H,7-10H2,1-2H3,(H,16,19). The van der Waals surface area contributed by atoms with E-state index in [4.69, 9.17) is 0 Å². The predicted octanol–water partition coefficient (Wildman–Crippen LogP) is 2.05. The first kappa shape index (κ1) is 15.1. The second-order valence-corrected chi connectivity index (χ2v) is 4.59. The van der Waals surface area contributed by atoms with Gasteiger partial charge in [-0.1, -0.05) is 29.8 Å². The first-order valence-corrected chi connectivity index (χ1v) is 6.35. The number of carbonyl (C=O) groups is 3. The summed E-state index contributed by atoms with van der Waals surface area (Å²) < 4.78 is 0. The third kappa shape index (κ3) is 5.95. The average Bonchev–Trinajstić information content (AvgIpc) is 2.36. The van der Waals surface area contributed by atoms with Crippen LogP contribution in [0, 0.1) is 6.92 Å². The molecule has 0 unspecified atom stereocenters. The van der Waals surface area contributed by atoms with Gasteiger partial charge in [0.2, 0.25) is 5.91 Å². The minimum atomic E-state index is -0.193. The number of ketones is 2. The van der Waals surface area contributed by atoms with Crippen molar-refractivity contribution in [2.24, 2.45) is 0 Å². The third-order valence-corrected chi connectivity index (χ3v) is 2.75. The largest absolute Gasteiger partial charge is 0.356 e. The van der Waals surface area contributed by atoms with E-state index in [1.165, 1.54) is 6.92 Å². The van der Waals surface area contributed by atoms with Crippen LogP contribution in [0.1, 0.15) is 42.1 Å². The number of hydrogen-bond acceptors (Lipinski definition) is 3. The molecule has 0 aromatic heterocycles. The van der Waals surface area contributed by atoms with Crippen molar-refractivity contribution in [3.05, 3.63) is 35.4 Å². The predicted molar refractivity (Wildman–Crippen MR) is 73.1 cm³/mol. The molecule has 0 aliphatic rings. The minimum Gasteiger partial charge on any atom is -0.356 e. The van der Waals surface area contributed by atoms with Gasteiger partial charge in [-0.25, -0.2) is 0 Å². The molecule has 102 valence electrons. The van der Waals surface area contributed by atoms with Crippen LogP contribution in [-0.2, 0) is 9.59 Å². The van der Waals surface area contributed by atoms with Crippen molar-refractivity contribution in [2.75, 3.05) is 6.54 Å². The Morgan fingerprint density at radius 3 is 2.21 bits per heavy atom. The van der Waals surface area contributed by atoms with Crippen LogP contribution in [0.3, 0.4) is 0 Å². The summed E-state index contributed by atoms with van der Waals surface area (Å²) in [5, 5.41) is 2.62. The second kappa shape index (κ2) is 7.46. The van der Waals surface area contributed by atoms with Crippen molar-refractivity contribution in [1.82, 2.24) is 5.32 Å². The Labute approximate surface area is 113 Å². The van der Waals surface area contributed by atoms with Gasteiger partial charge in [-0.2, -0.15) is 0 Å². The fraction of sp³-hybridized carbons (Fsp3) is 0.400. The maximum absolute atomic E-state index is 11.8. The van der Waals surface area contributed by atoms with E-state index in [1.807, 2.05) is 19.1 Å². The number of benzene rings is 1. The van der Waals surface area contributed by atoms with Crippen LogP contribution in [0.5, 0.6) is 0 Å². The fourth-order valence-corrected chi connectivity index (χ4v) is 1.58. The Balaban J connectivity index is 2.31. The smallest absolute Gasteiger partial charge is 0.220 e. The van der Waals surface area contributed by atoms with Gasteiger partial charge in [-0.15, -0.1) is 0 Å². The van der Waals surface area contributed by atoms with Crippen LogP contribution >= 0.6 is 0 Å². The molecule has 0 radical (unpaired) electrons. The van der Waals surface area contributed by atoms with Crippen molar-refractivity contribution in [2.45, 2.75) is 33.1 Å². The summed E-state index contributed by atoms with van der Waals surface area (Å²) >= 11 is 0. The van der Waals surface area contributed by atoms with Gasteiger partial charge in [0, 0.05) is 31.4 Å². The van der Waals surface area contributed by atoms with E-state index < -0.39 is 0 Å². The monoisotopic (exact) mass is 261 g/mol. The van der Waals surface area contributed by atoms with Gasteiger partial charge in [0.15, 0.2) is 5.78 Å². The van der Waals surface area contributed by atoms with E-state index >= 15 is 0 Å². The highest BCUT2D eigenvalue weighted by molar-refractivity contribution is 5.98. The summed E-state index contributed by atoms with van der Waals surface area (Å²) in [7, 11) is 0. The van der Waals surface area contributed by atoms with Crippen LogP contribution in [0.15, 0.2) is 24.3 Å². The molecule has 4 heteroatoms. The highest BCUT2D eigenvalue weighted by Gasteiger charge is 2.09. The zero-order valence-electron chi connectivity index (χ0n) is 11.4. The van der Waals surface area contributed by atoms with Crippen LogP contribution in [0.4, 0.5) is 0 Å². The summed E-state index contributed by atoms with van der Waals surface area (Å²) in [6, 6.07) is 7.29. The summed E-state index contributed by atoms with van der Waals surface area (Å²) in [6.07, 6.45) is 0.678. The molecule has 1 N–H and O–H groups in total. The summed E-state index contributed by atoms with van der Waals surface area (Å²) in [5.41, 5.74) is 1.72. The lowest BCUT2D eigenvalue weighted by Crippen LogP contribution is -2.25. The summed E-state index contributed by atoms with van der Waals surface area (Å²) in [6.45, 7) is 3.77. The van der Waals surface area contributed by atoms with E-state index in [2.05, 4.69) is 5.32 Å². The first-order chi connectivity index (χ1) is 8.99. The van der Waals surface area contributed by atoms with Crippen molar-refractivity contribution >= 4 is 17.5 Å². The van der Waals surface area contributed by atoms with Gasteiger partial charge in [0.1, 0.15) is 5.78 Å². The van der Waals surface area contributed by atoms with Crippen molar-refractivity contribution < 1.29 is 14.4 Å². The van der Waals surface area contributed by atoms with E-state index in [1.54, 1.807) is 12.1 Å². The first-order valence-electron chi connectivity index (χ1n) is 6.35. The van der Waals surface area contributed by atoms with Crippen LogP contribution in [0.2, 0.25) is 0 Å². The van der Waals surface area contributed by atoms with E-state index in [0.29, 0.717) is 18.5 Å². The Morgan fingerprint density at radius 1 is 1.00 bits per heavy atom. The topological polar surface area (TPSA) is 63.2 Å². The molecule has 0 saturated carbocycles. The molecular weight excluding hydrogens is 242 g/mol. The Morgan fingerprint density at radius 2 is 1.63 bits per heavy atom. The molecular formula is C15H19NO3. The lowest BCUT2D eigenvalue weighted by molar-refractivity contribution is -0.121. The molecule has 4 nitrogen and oxygen atoms in total. The summed E-state index contributed by atoms with van der Waals surface area (Å²) in [5.74, 6) is -0.195. The molecule has 0 aliphatic heterocycles. The molecule has 1 amide bonds. The quantitative estimate of drug-likeness (QED) is 0.764. The molecule has 0 aliphatic carbocycles. The number of aryl methyl sites for hydroxylation is 1. The molecule has 0 saturated heterocycles. The maximum Gasteiger partial charge on any atom is 0.220 e. The molecule has 19 heavy (non-hydrogen) atoms. The zero-order chi connectivity index (χ0) is 14.3. The van der Waals surface area contributed by atoms with Crippen LogP contribution < -0.4 is 5.32 Å². The lowest BCUT2D eigenvalue weighted by Gasteiger charge is -2.04. The zero-order valence-corrected chi connectivity index (χ0v) is 11.4. The fourth-order valence-electron chi connectivity index (χ4n) is 1.58. The van der Waals surface area contributed by atoms with E-state index in [0.717, 1.165) is 5.56 Å². The third-order valence-electron chi connectivity index (χ3n) is 2.75. The molecule has 0 fully saturated rings. The molecule has 0 atom stereocenters. The SMILES string of the molecule is CC(=O)CCNC(=O)CCC(=O)c1ccc(C)cc1. The van der Waals surface area contributed by atoms with Crippen molar-refractivity contribution in [3.63, 3.8) is 0 Å². The number of nitrogens with one attached hydrogen (secondary N) is 1. The number of amides is 1. The minimum absolute atomic E-state index is 0.0380. The maximum atomic E-state index is 11.8. The van der Waals surface area contributed by atoms with Crippen LogP contribution in [-0.4, -0.2) is 24.0 Å². The van der Waals surface area contributed by atoms with Gasteiger partial charge in [0.05, 0.1) is 0 Å². The van der Waals surface area contributed by atoms with Gasteiger partial charge in [0.25, 0.3) is 0 Å². The molecule has 0 heterocycles. The lowest BCUT2D eigenvalue weighted by atomic mass is 10.1. The molecule has 1 aromatic carbocycles. The highest BCUT2D eigenvalue weighted by Crippen LogP contribution is 2.07. The number of rotatable bonds is 7. The highest BCUT2D eigenvalue weighted by atomic mass is 16.2. The van der Waals surface area contributed by atoms with Crippen molar-refractivity contribution in [1.29, 1.82) is 0 Å². The van der Waals surface area contributed by atoms with Gasteiger partial charge in [-0.3, -0.25) is 14.4 Å². The second-order valence-electron chi connectivity index (χ2n) is 4.59. The molecule has 0 bridgehead atoms. The number of Topliss-reactive ketones (excluding diaryl/α,β-unsaturated/α-hetero) is 2. The van der Waals surface area contributed by atoms with Gasteiger partial charge < -0.3 is 5.32 Å². The van der Waals surface area contributed by atoms with Gasteiger partial charge >= 0.3 is 0 Å². The Hall–Kier alpha value is -1.97.